The fourth-order valence-corrected chi connectivity index (χ4v) is 2.88. The summed E-state index contributed by atoms with van der Waals surface area (Å²) in [7, 11) is 0. The van der Waals surface area contributed by atoms with Crippen molar-refractivity contribution in [2.24, 2.45) is 0 Å². The number of carbonyl (C=O) groups is 2. The zero-order valence-corrected chi connectivity index (χ0v) is 16.7. The van der Waals surface area contributed by atoms with Gasteiger partial charge in [0.05, 0.1) is 6.42 Å². The standard InChI is InChI=1S/C26H24O3/c1-19(2)22-11-8-20(9-12-22)10-17-25(27)23-13-15-24(16-14-23)29-26(28)18-21-6-4-3-5-7-21/h3-17,19H,18H2,1-2H3/b17-10+. The summed E-state index contributed by atoms with van der Waals surface area (Å²) >= 11 is 0. The Morgan fingerprint density at radius 3 is 2.14 bits per heavy atom. The first kappa shape index (κ1) is 20.3. The molecule has 0 aliphatic rings. The fraction of sp³-hybridized carbons (Fsp3) is 0.154. The van der Waals surface area contributed by atoms with Crippen molar-refractivity contribution in [2.45, 2.75) is 26.2 Å². The normalized spacial score (nSPS) is 11.0. The number of allylic oxidation sites excluding steroid dienone is 1. The monoisotopic (exact) mass is 384 g/mol. The summed E-state index contributed by atoms with van der Waals surface area (Å²) < 4.78 is 5.34. The molecule has 0 fully saturated rings. The van der Waals surface area contributed by atoms with Gasteiger partial charge in [0, 0.05) is 5.56 Å². The maximum atomic E-state index is 12.4. The Labute approximate surface area is 171 Å². The van der Waals surface area contributed by atoms with Crippen LogP contribution in [0.15, 0.2) is 84.9 Å². The molecule has 0 atom stereocenters. The minimum absolute atomic E-state index is 0.0971. The number of carbonyl (C=O) groups excluding carboxylic acids is 2. The predicted octanol–water partition coefficient (Wildman–Crippen LogP) is 5.85. The van der Waals surface area contributed by atoms with Crippen LogP contribution in [0.25, 0.3) is 6.08 Å². The molecule has 3 heteroatoms. The zero-order valence-electron chi connectivity index (χ0n) is 16.7. The second-order valence-corrected chi connectivity index (χ2v) is 7.18. The Morgan fingerprint density at radius 1 is 0.862 bits per heavy atom. The maximum absolute atomic E-state index is 12.4. The largest absolute Gasteiger partial charge is 0.426 e. The van der Waals surface area contributed by atoms with E-state index >= 15 is 0 Å². The van der Waals surface area contributed by atoms with Crippen molar-refractivity contribution in [3.63, 3.8) is 0 Å². The van der Waals surface area contributed by atoms with Gasteiger partial charge in [-0.2, -0.15) is 0 Å². The summed E-state index contributed by atoms with van der Waals surface area (Å²) in [5.41, 5.74) is 3.69. The number of ketones is 1. The van der Waals surface area contributed by atoms with Crippen molar-refractivity contribution in [3.05, 3.63) is 107 Å². The van der Waals surface area contributed by atoms with E-state index in [1.54, 1.807) is 36.4 Å². The van der Waals surface area contributed by atoms with Gasteiger partial charge in [0.15, 0.2) is 5.78 Å². The Kier molecular flexibility index (Phi) is 6.75. The molecule has 29 heavy (non-hydrogen) atoms. The number of ether oxygens (including phenoxy) is 1. The Hall–Kier alpha value is -3.46. The van der Waals surface area contributed by atoms with Crippen molar-refractivity contribution in [1.29, 1.82) is 0 Å². The molecule has 0 amide bonds. The lowest BCUT2D eigenvalue weighted by molar-refractivity contribution is -0.133. The van der Waals surface area contributed by atoms with Crippen molar-refractivity contribution in [2.75, 3.05) is 0 Å². The van der Waals surface area contributed by atoms with E-state index in [-0.39, 0.29) is 18.2 Å². The van der Waals surface area contributed by atoms with E-state index in [0.29, 0.717) is 17.2 Å². The van der Waals surface area contributed by atoms with E-state index in [4.69, 9.17) is 4.74 Å². The van der Waals surface area contributed by atoms with Gasteiger partial charge in [0.25, 0.3) is 0 Å². The summed E-state index contributed by atoms with van der Waals surface area (Å²) in [6.07, 6.45) is 3.57. The van der Waals surface area contributed by atoms with Crippen LogP contribution in [-0.2, 0) is 11.2 Å². The van der Waals surface area contributed by atoms with Crippen molar-refractivity contribution in [3.8, 4) is 5.75 Å². The average molecular weight is 384 g/mol. The van der Waals surface area contributed by atoms with Crippen LogP contribution in [0.1, 0.15) is 46.8 Å². The van der Waals surface area contributed by atoms with Crippen LogP contribution >= 0.6 is 0 Å². The SMILES string of the molecule is CC(C)c1ccc(/C=C/C(=O)c2ccc(OC(=O)Cc3ccccc3)cc2)cc1. The summed E-state index contributed by atoms with van der Waals surface area (Å²) in [4.78, 5) is 24.4. The zero-order chi connectivity index (χ0) is 20.6. The molecule has 0 saturated carbocycles. The lowest BCUT2D eigenvalue weighted by Gasteiger charge is -2.05. The number of rotatable bonds is 7. The minimum Gasteiger partial charge on any atom is -0.426 e. The Morgan fingerprint density at radius 2 is 1.52 bits per heavy atom. The van der Waals surface area contributed by atoms with E-state index in [0.717, 1.165) is 11.1 Å². The van der Waals surface area contributed by atoms with E-state index in [9.17, 15) is 9.59 Å². The molecule has 0 aliphatic heterocycles. The van der Waals surface area contributed by atoms with E-state index < -0.39 is 0 Å². The van der Waals surface area contributed by atoms with Gasteiger partial charge in [-0.15, -0.1) is 0 Å². The highest BCUT2D eigenvalue weighted by atomic mass is 16.5. The third kappa shape index (κ3) is 6.01. The summed E-state index contributed by atoms with van der Waals surface area (Å²) in [5, 5.41) is 0. The molecule has 0 saturated heterocycles. The molecular weight excluding hydrogens is 360 g/mol. The third-order valence-corrected chi connectivity index (χ3v) is 4.59. The van der Waals surface area contributed by atoms with Gasteiger partial charge < -0.3 is 4.74 Å². The van der Waals surface area contributed by atoms with Crippen LogP contribution < -0.4 is 4.74 Å². The van der Waals surface area contributed by atoms with Gasteiger partial charge in [-0.25, -0.2) is 0 Å². The van der Waals surface area contributed by atoms with Gasteiger partial charge in [0.2, 0.25) is 0 Å². The van der Waals surface area contributed by atoms with Crippen LogP contribution in [0.5, 0.6) is 5.75 Å². The van der Waals surface area contributed by atoms with Crippen LogP contribution in [0.2, 0.25) is 0 Å². The fourth-order valence-electron chi connectivity index (χ4n) is 2.88. The first-order chi connectivity index (χ1) is 14.0. The molecule has 0 spiro atoms. The first-order valence-electron chi connectivity index (χ1n) is 9.68. The lowest BCUT2D eigenvalue weighted by atomic mass is 10.0. The van der Waals surface area contributed by atoms with Crippen LogP contribution in [0.4, 0.5) is 0 Å². The van der Waals surface area contributed by atoms with E-state index in [1.165, 1.54) is 5.56 Å². The maximum Gasteiger partial charge on any atom is 0.315 e. The second kappa shape index (κ2) is 9.65. The summed E-state index contributed by atoms with van der Waals surface area (Å²) in [5.74, 6) is 0.478. The topological polar surface area (TPSA) is 43.4 Å². The second-order valence-electron chi connectivity index (χ2n) is 7.18. The molecule has 0 aliphatic carbocycles. The molecule has 0 N–H and O–H groups in total. The molecule has 0 bridgehead atoms. The predicted molar refractivity (Wildman–Crippen MR) is 116 cm³/mol. The van der Waals surface area contributed by atoms with Crippen molar-refractivity contribution >= 4 is 17.8 Å². The van der Waals surface area contributed by atoms with Gasteiger partial charge >= 0.3 is 5.97 Å². The van der Waals surface area contributed by atoms with Crippen LogP contribution in [0.3, 0.4) is 0 Å². The number of hydrogen-bond acceptors (Lipinski definition) is 3. The third-order valence-electron chi connectivity index (χ3n) is 4.59. The smallest absolute Gasteiger partial charge is 0.315 e. The summed E-state index contributed by atoms with van der Waals surface area (Å²) in [6.45, 7) is 4.30. The first-order valence-corrected chi connectivity index (χ1v) is 9.68. The molecule has 3 rings (SSSR count). The highest BCUT2D eigenvalue weighted by molar-refractivity contribution is 6.06. The minimum atomic E-state index is -0.333. The molecule has 3 aromatic rings. The average Bonchev–Trinajstić information content (AvgIpc) is 2.73. The van der Waals surface area contributed by atoms with Crippen molar-refractivity contribution < 1.29 is 14.3 Å². The van der Waals surface area contributed by atoms with Crippen LogP contribution in [-0.4, -0.2) is 11.8 Å². The number of hydrogen-bond donors (Lipinski definition) is 0. The molecule has 0 heterocycles. The molecular formula is C26H24O3. The quantitative estimate of drug-likeness (QED) is 0.222. The molecule has 3 aromatic carbocycles. The van der Waals surface area contributed by atoms with E-state index in [2.05, 4.69) is 26.0 Å². The Balaban J connectivity index is 1.57. The number of benzene rings is 3. The molecule has 3 nitrogen and oxygen atoms in total. The number of esters is 1. The Bertz CT molecular complexity index is 982. The van der Waals surface area contributed by atoms with Crippen molar-refractivity contribution in [1.82, 2.24) is 0 Å². The molecule has 0 unspecified atom stereocenters. The highest BCUT2D eigenvalue weighted by Crippen LogP contribution is 2.17. The van der Waals surface area contributed by atoms with Gasteiger partial charge in [-0.3, -0.25) is 9.59 Å². The molecule has 146 valence electrons. The summed E-state index contributed by atoms with van der Waals surface area (Å²) in [6, 6.07) is 24.2. The lowest BCUT2D eigenvalue weighted by Crippen LogP contribution is -2.11. The highest BCUT2D eigenvalue weighted by Gasteiger charge is 2.08. The van der Waals surface area contributed by atoms with Gasteiger partial charge in [0.1, 0.15) is 5.75 Å². The van der Waals surface area contributed by atoms with Gasteiger partial charge in [-0.1, -0.05) is 74.5 Å². The van der Waals surface area contributed by atoms with Gasteiger partial charge in [-0.05, 0) is 52.9 Å². The van der Waals surface area contributed by atoms with E-state index in [1.807, 2.05) is 42.5 Å². The molecule has 0 radical (unpaired) electrons. The van der Waals surface area contributed by atoms with Crippen LogP contribution in [0, 0.1) is 0 Å². The molecule has 0 aromatic heterocycles.